The molecule has 3 aliphatic heterocycles. The molecule has 13 heteroatoms. The molecule has 34 heavy (non-hydrogen) atoms. The van der Waals surface area contributed by atoms with Crippen molar-refractivity contribution in [3.63, 3.8) is 0 Å². The van der Waals surface area contributed by atoms with Crippen molar-refractivity contribution >= 4 is 21.7 Å². The molecule has 8 nitrogen and oxygen atoms in total. The lowest BCUT2D eigenvalue weighted by molar-refractivity contribution is -0.0501. The first-order valence-electron chi connectivity index (χ1n) is 9.93. The minimum atomic E-state index is -6.12. The van der Waals surface area contributed by atoms with Gasteiger partial charge >= 0.3 is 15.6 Å². The van der Waals surface area contributed by atoms with Crippen molar-refractivity contribution in [2.75, 3.05) is 19.8 Å². The fourth-order valence-electron chi connectivity index (χ4n) is 4.07. The zero-order chi connectivity index (χ0) is 24.3. The Morgan fingerprint density at radius 2 is 1.88 bits per heavy atom. The van der Waals surface area contributed by atoms with E-state index in [2.05, 4.69) is 9.18 Å². The molecular weight excluding hydrogens is 484 g/mol. The molecule has 1 unspecified atom stereocenters. The number of nitrogens with two attached hydrogens (primary N) is 1. The molecule has 0 saturated heterocycles. The van der Waals surface area contributed by atoms with Crippen LogP contribution in [0, 0.1) is 5.82 Å². The van der Waals surface area contributed by atoms with Gasteiger partial charge in [0, 0.05) is 17.2 Å². The van der Waals surface area contributed by atoms with E-state index in [-0.39, 0.29) is 23.9 Å². The van der Waals surface area contributed by atoms with Gasteiger partial charge in [-0.3, -0.25) is 0 Å². The monoisotopic (exact) mass is 500 g/mol. The van der Waals surface area contributed by atoms with Crippen LogP contribution >= 0.6 is 0 Å². The predicted molar refractivity (Wildman–Crippen MR) is 110 cm³/mol. The summed E-state index contributed by atoms with van der Waals surface area (Å²) < 4.78 is 96.6. The predicted octanol–water partition coefficient (Wildman–Crippen LogP) is 3.55. The Balaban J connectivity index is 1.66. The van der Waals surface area contributed by atoms with Crippen LogP contribution < -0.4 is 14.7 Å². The van der Waals surface area contributed by atoms with E-state index >= 15 is 0 Å². The van der Waals surface area contributed by atoms with Gasteiger partial charge in [-0.2, -0.15) is 21.6 Å². The number of hydrogen-bond donors (Lipinski definition) is 1. The standard InChI is InChI=1S/C21H16F4N2O6S/c22-15-9-17-14(8-18(15)33-34(28,29)21(23,24)25)20(10-31-19(26)27-20)13-7-12(1-2-16(13)32-17)11-3-5-30-6-4-11/h1-3,7-9H,4-6,10H2,(H2,26,27). The summed E-state index contributed by atoms with van der Waals surface area (Å²) in [7, 11) is -6.12. The number of aliphatic imine (C=N–C) groups is 1. The first kappa shape index (κ1) is 22.5. The minimum Gasteiger partial charge on any atom is -0.462 e. The molecule has 0 saturated carbocycles. The lowest BCUT2D eigenvalue weighted by Gasteiger charge is -2.34. The number of hydrogen-bond acceptors (Lipinski definition) is 8. The van der Waals surface area contributed by atoms with Crippen LogP contribution in [0.5, 0.6) is 17.2 Å². The Morgan fingerprint density at radius 1 is 1.12 bits per heavy atom. The molecule has 1 atom stereocenters. The summed E-state index contributed by atoms with van der Waals surface area (Å²) in [5.41, 5.74) is 0.920. The van der Waals surface area contributed by atoms with Gasteiger partial charge in [0.05, 0.1) is 13.2 Å². The number of benzene rings is 2. The van der Waals surface area contributed by atoms with Crippen molar-refractivity contribution < 1.29 is 44.4 Å². The highest BCUT2D eigenvalue weighted by atomic mass is 32.2. The Labute approximate surface area is 190 Å². The maximum absolute atomic E-state index is 14.6. The highest BCUT2D eigenvalue weighted by Gasteiger charge is 2.51. The fourth-order valence-corrected chi connectivity index (χ4v) is 4.53. The molecule has 0 bridgehead atoms. The maximum Gasteiger partial charge on any atom is 0.534 e. The summed E-state index contributed by atoms with van der Waals surface area (Å²) in [5.74, 6) is -2.32. The van der Waals surface area contributed by atoms with Crippen LogP contribution in [-0.2, 0) is 25.1 Å². The molecule has 0 fully saturated rings. The van der Waals surface area contributed by atoms with E-state index in [4.69, 9.17) is 19.9 Å². The van der Waals surface area contributed by atoms with E-state index < -0.39 is 32.7 Å². The van der Waals surface area contributed by atoms with Crippen molar-refractivity contribution in [3.05, 3.63) is 58.9 Å². The average molecular weight is 500 g/mol. The van der Waals surface area contributed by atoms with Gasteiger partial charge < -0.3 is 24.1 Å². The van der Waals surface area contributed by atoms with Crippen LogP contribution in [0.2, 0.25) is 0 Å². The zero-order valence-corrected chi connectivity index (χ0v) is 18.0. The SMILES string of the molecule is NC1=NC2(CO1)c1cc(C3=CCOCC3)ccc1Oc1cc(F)c(OS(=O)(=O)C(F)(F)F)cc12. The number of rotatable bonds is 3. The third-order valence-corrected chi connectivity index (χ3v) is 6.64. The van der Waals surface area contributed by atoms with E-state index in [0.717, 1.165) is 23.3 Å². The van der Waals surface area contributed by atoms with Gasteiger partial charge in [-0.15, -0.1) is 0 Å². The molecule has 2 N–H and O–H groups in total. The summed E-state index contributed by atoms with van der Waals surface area (Å²) in [6, 6.07) is 6.58. The Morgan fingerprint density at radius 3 is 2.53 bits per heavy atom. The molecule has 2 aromatic carbocycles. The number of amidine groups is 1. The maximum atomic E-state index is 14.6. The van der Waals surface area contributed by atoms with E-state index in [1.54, 1.807) is 18.2 Å². The van der Waals surface area contributed by atoms with E-state index in [1.165, 1.54) is 0 Å². The van der Waals surface area contributed by atoms with Crippen molar-refractivity contribution in [3.8, 4) is 17.2 Å². The highest BCUT2D eigenvalue weighted by Crippen LogP contribution is 2.53. The molecule has 0 amide bonds. The largest absolute Gasteiger partial charge is 0.534 e. The molecule has 3 heterocycles. The molecule has 180 valence electrons. The summed E-state index contributed by atoms with van der Waals surface area (Å²) in [4.78, 5) is 4.36. The van der Waals surface area contributed by atoms with Gasteiger partial charge in [-0.05, 0) is 35.8 Å². The second kappa shape index (κ2) is 7.60. The first-order valence-corrected chi connectivity index (χ1v) is 11.3. The van der Waals surface area contributed by atoms with Crippen molar-refractivity contribution in [1.82, 2.24) is 0 Å². The van der Waals surface area contributed by atoms with Gasteiger partial charge in [0.15, 0.2) is 17.1 Å². The van der Waals surface area contributed by atoms with Crippen LogP contribution in [0.3, 0.4) is 0 Å². The second-order valence-electron chi connectivity index (χ2n) is 7.73. The van der Waals surface area contributed by atoms with E-state index in [9.17, 15) is 26.0 Å². The topological polar surface area (TPSA) is 109 Å². The number of alkyl halides is 3. The fraction of sp³-hybridized carbons (Fsp3) is 0.286. The van der Waals surface area contributed by atoms with Crippen LogP contribution in [0.1, 0.15) is 23.1 Å². The molecule has 1 spiro atoms. The van der Waals surface area contributed by atoms with Gasteiger partial charge in [-0.1, -0.05) is 12.1 Å². The summed E-state index contributed by atoms with van der Waals surface area (Å²) in [5, 5.41) is 0. The summed E-state index contributed by atoms with van der Waals surface area (Å²) in [6.07, 6.45) is 2.57. The number of nitrogens with zero attached hydrogens (tertiary/aromatic N) is 1. The minimum absolute atomic E-state index is 0.0346. The van der Waals surface area contributed by atoms with Crippen LogP contribution in [0.15, 0.2) is 41.4 Å². The van der Waals surface area contributed by atoms with Crippen molar-refractivity contribution in [2.24, 2.45) is 10.7 Å². The Bertz CT molecular complexity index is 1360. The van der Waals surface area contributed by atoms with E-state index in [1.807, 2.05) is 6.08 Å². The molecule has 0 radical (unpaired) electrons. The molecule has 0 aliphatic carbocycles. The van der Waals surface area contributed by atoms with Gasteiger partial charge in [-0.25, -0.2) is 9.38 Å². The number of ether oxygens (including phenoxy) is 3. The smallest absolute Gasteiger partial charge is 0.462 e. The lowest BCUT2D eigenvalue weighted by Crippen LogP contribution is -2.32. The van der Waals surface area contributed by atoms with Crippen molar-refractivity contribution in [1.29, 1.82) is 0 Å². The third kappa shape index (κ3) is 3.55. The number of fused-ring (bicyclic) bond motifs is 4. The molecule has 0 aromatic heterocycles. The third-order valence-electron chi connectivity index (χ3n) is 5.67. The quantitative estimate of drug-likeness (QED) is 0.390. The molecule has 3 aliphatic rings. The van der Waals surface area contributed by atoms with Gasteiger partial charge in [0.1, 0.15) is 18.1 Å². The van der Waals surface area contributed by atoms with Crippen LogP contribution in [0.25, 0.3) is 5.57 Å². The van der Waals surface area contributed by atoms with Gasteiger partial charge in [0.2, 0.25) is 0 Å². The first-order chi connectivity index (χ1) is 16.0. The molecule has 2 aromatic rings. The number of halogens is 4. The summed E-state index contributed by atoms with van der Waals surface area (Å²) >= 11 is 0. The molecule has 5 rings (SSSR count). The zero-order valence-electron chi connectivity index (χ0n) is 17.2. The lowest BCUT2D eigenvalue weighted by atomic mass is 9.80. The Hall–Kier alpha value is -3.32. The molecular formula is C21H16F4N2O6S. The Kier molecular flexibility index (Phi) is 5.02. The average Bonchev–Trinajstić information content (AvgIpc) is 3.17. The summed E-state index contributed by atoms with van der Waals surface area (Å²) in [6.45, 7) is 0.804. The highest BCUT2D eigenvalue weighted by molar-refractivity contribution is 7.88. The normalized spacial score (nSPS) is 21.6. The van der Waals surface area contributed by atoms with Gasteiger partial charge in [0.25, 0.3) is 6.02 Å². The second-order valence-corrected chi connectivity index (χ2v) is 9.27. The van der Waals surface area contributed by atoms with Crippen LogP contribution in [0.4, 0.5) is 17.6 Å². The van der Waals surface area contributed by atoms with E-state index in [0.29, 0.717) is 30.9 Å². The van der Waals surface area contributed by atoms with Crippen LogP contribution in [-0.4, -0.2) is 39.8 Å². The van der Waals surface area contributed by atoms with Crippen molar-refractivity contribution in [2.45, 2.75) is 17.5 Å².